The molecule has 0 atom stereocenters. The number of hydrogen-bond acceptors (Lipinski definition) is 4. The van der Waals surface area contributed by atoms with Gasteiger partial charge in [-0.05, 0) is 24.3 Å². The van der Waals surface area contributed by atoms with Crippen molar-refractivity contribution in [1.82, 2.24) is 0 Å². The lowest BCUT2D eigenvalue weighted by Crippen LogP contribution is -2.21. The first-order chi connectivity index (χ1) is 6.70. The molecule has 0 aliphatic heterocycles. The highest BCUT2D eigenvalue weighted by atomic mass is 127. The number of rotatable bonds is 1. The van der Waals surface area contributed by atoms with E-state index < -0.39 is 30.0 Å². The van der Waals surface area contributed by atoms with Crippen molar-refractivity contribution >= 4 is 45.9 Å². The van der Waals surface area contributed by atoms with Crippen molar-refractivity contribution in [2.24, 2.45) is 10.3 Å². The van der Waals surface area contributed by atoms with E-state index in [0.29, 0.717) is 3.57 Å². The molecular weight excluding hydrogens is 403 g/mol. The van der Waals surface area contributed by atoms with Crippen LogP contribution in [0.15, 0.2) is 28.7 Å². The first kappa shape index (κ1) is 14.9. The molecule has 0 unspecified atom stereocenters. The maximum Gasteiger partial charge on any atom is 0.340 e. The Hall–Kier alpha value is -0.100. The fraction of sp³-hybridized carbons (Fsp3) is 0. The van der Waals surface area contributed by atoms with Crippen LogP contribution in [0, 0.1) is 3.57 Å². The Labute approximate surface area is 102 Å². The van der Waals surface area contributed by atoms with Gasteiger partial charge in [0.05, 0.1) is 3.57 Å². The van der Waals surface area contributed by atoms with Gasteiger partial charge in [-0.1, -0.05) is 15.9 Å². The van der Waals surface area contributed by atoms with Gasteiger partial charge in [0, 0.05) is 4.47 Å². The van der Waals surface area contributed by atoms with Crippen LogP contribution in [0.3, 0.4) is 0 Å². The zero-order chi connectivity index (χ0) is 12.1. The Balaban J connectivity index is 0.000000336. The fourth-order valence-corrected chi connectivity index (χ4v) is 1.74. The van der Waals surface area contributed by atoms with Crippen molar-refractivity contribution in [2.45, 2.75) is 0 Å². The Morgan fingerprint density at radius 2 is 1.40 bits per heavy atom. The summed E-state index contributed by atoms with van der Waals surface area (Å²) in [6.07, 6.45) is 0. The number of hydrogen-bond donors (Lipinski definition) is 2. The molecule has 6 nitrogen and oxygen atoms in total. The third kappa shape index (κ3) is 10.2. The molecule has 86 valence electrons. The molecule has 1 rings (SSSR count). The molecule has 0 heterocycles. The minimum atomic E-state index is -3.67. The highest BCUT2D eigenvalue weighted by Crippen LogP contribution is 2.19. The summed E-state index contributed by atoms with van der Waals surface area (Å²) in [6.45, 7) is 0. The van der Waals surface area contributed by atoms with Gasteiger partial charge in [0.15, 0.2) is 0 Å². The number of halogens is 2. The van der Waals surface area contributed by atoms with E-state index in [4.69, 9.17) is 0 Å². The topological polar surface area (TPSA) is 120 Å². The Kier molecular flexibility index (Phi) is 6.43. The normalized spacial score (nSPS) is 10.7. The van der Waals surface area contributed by atoms with E-state index >= 15 is 0 Å². The molecular formula is C6H8BrIN2O4S. The molecule has 0 aliphatic rings. The summed E-state index contributed by atoms with van der Waals surface area (Å²) < 4.78 is 40.6. The summed E-state index contributed by atoms with van der Waals surface area (Å²) in [5.74, 6) is 0. The van der Waals surface area contributed by atoms with E-state index in [2.05, 4.69) is 26.2 Å². The largest absolute Gasteiger partial charge is 0.340 e. The smallest absolute Gasteiger partial charge is 0.230 e. The lowest BCUT2D eigenvalue weighted by atomic mass is 10.4. The zero-order valence-electron chi connectivity index (χ0n) is 7.26. The van der Waals surface area contributed by atoms with E-state index in [0.717, 1.165) is 4.47 Å². The van der Waals surface area contributed by atoms with Crippen molar-refractivity contribution < 1.29 is 14.6 Å². The van der Waals surface area contributed by atoms with Crippen LogP contribution in [-0.2, 0) is 16.3 Å². The van der Waals surface area contributed by atoms with Crippen molar-refractivity contribution in [3.8, 4) is 0 Å². The summed E-state index contributed by atoms with van der Waals surface area (Å²) in [5.41, 5.74) is 0. The average Bonchev–Trinajstić information content (AvgIpc) is 2.01. The number of benzene rings is 1. The van der Waals surface area contributed by atoms with Crippen LogP contribution >= 0.6 is 35.7 Å². The van der Waals surface area contributed by atoms with Gasteiger partial charge >= 0.3 is 19.8 Å². The summed E-state index contributed by atoms with van der Waals surface area (Å²) in [5, 5.41) is 8.21. The Bertz CT molecular complexity index is 466. The highest BCUT2D eigenvalue weighted by molar-refractivity contribution is 14.2. The predicted molar refractivity (Wildman–Crippen MR) is 65.5 cm³/mol. The highest BCUT2D eigenvalue weighted by Gasteiger charge is 1.95. The molecule has 1 aromatic rings. The first-order valence-electron chi connectivity index (χ1n) is 3.31. The lowest BCUT2D eigenvalue weighted by molar-refractivity contribution is 0.599. The molecule has 0 fully saturated rings. The van der Waals surface area contributed by atoms with Gasteiger partial charge in [-0.15, -0.1) is 0 Å². The lowest BCUT2D eigenvalue weighted by Gasteiger charge is -1.87. The van der Waals surface area contributed by atoms with E-state index in [-0.39, 0.29) is 0 Å². The third-order valence-electron chi connectivity index (χ3n) is 0.982. The SMILES string of the molecule is NS(N)(=O)=O.O=I(=O)c1ccc(Br)cc1. The van der Waals surface area contributed by atoms with Crippen LogP contribution < -0.4 is 10.3 Å². The molecule has 0 saturated carbocycles. The average molecular weight is 411 g/mol. The van der Waals surface area contributed by atoms with E-state index in [1.165, 1.54) is 0 Å². The van der Waals surface area contributed by atoms with E-state index in [9.17, 15) is 14.6 Å². The van der Waals surface area contributed by atoms with Crippen LogP contribution in [0.4, 0.5) is 0 Å². The summed E-state index contributed by atoms with van der Waals surface area (Å²) in [7, 11) is -3.67. The second-order valence-electron chi connectivity index (χ2n) is 2.24. The molecule has 0 bridgehead atoms. The summed E-state index contributed by atoms with van der Waals surface area (Å²) in [6, 6.07) is 6.62. The molecule has 0 radical (unpaired) electrons. The molecule has 0 amide bonds. The van der Waals surface area contributed by atoms with Gasteiger partial charge in [-0.25, -0.2) is 16.4 Å². The van der Waals surface area contributed by atoms with Crippen LogP contribution in [0.25, 0.3) is 0 Å². The molecule has 0 spiro atoms. The standard InChI is InChI=1S/C6H4BrIO2.H4N2O2S/c7-5-1-3-6(4-2-5)8(9)10;1-5(2,3)4/h1-4H;(H4,1,2,3,4). The molecule has 0 aromatic heterocycles. The van der Waals surface area contributed by atoms with E-state index in [1.54, 1.807) is 24.3 Å². The van der Waals surface area contributed by atoms with Gasteiger partial charge < -0.3 is 0 Å². The minimum Gasteiger partial charge on any atom is -0.230 e. The first-order valence-corrected chi connectivity index (χ1v) is 8.56. The summed E-state index contributed by atoms with van der Waals surface area (Å²) >= 11 is -0.0164. The second kappa shape index (κ2) is 6.48. The maximum atomic E-state index is 10.4. The third-order valence-corrected chi connectivity index (χ3v) is 3.25. The van der Waals surface area contributed by atoms with Gasteiger partial charge in [-0.2, -0.15) is 8.42 Å². The van der Waals surface area contributed by atoms with Crippen LogP contribution in [0.2, 0.25) is 0 Å². The minimum absolute atomic E-state index is 0.437. The zero-order valence-corrected chi connectivity index (χ0v) is 11.8. The Morgan fingerprint density at radius 3 is 1.67 bits per heavy atom. The van der Waals surface area contributed by atoms with Gasteiger partial charge in [0.1, 0.15) is 0 Å². The molecule has 15 heavy (non-hydrogen) atoms. The fourth-order valence-electron chi connectivity index (χ4n) is 0.532. The second-order valence-corrected chi connectivity index (χ2v) is 6.82. The van der Waals surface area contributed by atoms with Crippen molar-refractivity contribution in [3.05, 3.63) is 32.3 Å². The van der Waals surface area contributed by atoms with Crippen molar-refractivity contribution in [1.29, 1.82) is 0 Å². The predicted octanol–water partition coefficient (Wildman–Crippen LogP) is 0.965. The van der Waals surface area contributed by atoms with Gasteiger partial charge in [0.2, 0.25) is 0 Å². The molecule has 0 aliphatic carbocycles. The van der Waals surface area contributed by atoms with Crippen LogP contribution in [0.5, 0.6) is 0 Å². The monoisotopic (exact) mass is 410 g/mol. The van der Waals surface area contributed by atoms with E-state index in [1.807, 2.05) is 0 Å². The van der Waals surface area contributed by atoms with Crippen LogP contribution in [0.1, 0.15) is 0 Å². The van der Waals surface area contributed by atoms with Crippen LogP contribution in [-0.4, -0.2) is 8.42 Å². The summed E-state index contributed by atoms with van der Waals surface area (Å²) in [4.78, 5) is 0. The Morgan fingerprint density at radius 1 is 1.07 bits per heavy atom. The molecule has 0 saturated heterocycles. The van der Waals surface area contributed by atoms with Gasteiger partial charge in [-0.3, -0.25) is 0 Å². The number of nitrogens with two attached hydrogens (primary N) is 2. The quantitative estimate of drug-likeness (QED) is 0.670. The van der Waals surface area contributed by atoms with Crippen molar-refractivity contribution in [3.63, 3.8) is 0 Å². The van der Waals surface area contributed by atoms with Crippen molar-refractivity contribution in [2.75, 3.05) is 0 Å². The molecule has 4 N–H and O–H groups in total. The van der Waals surface area contributed by atoms with Gasteiger partial charge in [0.25, 0.3) is 10.2 Å². The molecule has 9 heteroatoms. The molecule has 1 aromatic carbocycles. The maximum absolute atomic E-state index is 10.4.